The maximum Gasteiger partial charge on any atom is 0.296 e. The number of sulfonamides is 1. The van der Waals surface area contributed by atoms with Crippen LogP contribution in [0.2, 0.25) is 0 Å². The van der Waals surface area contributed by atoms with Gasteiger partial charge in [-0.1, -0.05) is 32.0 Å². The number of para-hydroxylation sites is 1. The number of phenols is 1. The molecule has 0 saturated heterocycles. The topological polar surface area (TPSA) is 192 Å². The highest BCUT2D eigenvalue weighted by Crippen LogP contribution is 2.45. The SMILES string of the molecule is CCN(CC)S(=O)(=O)c1ccc(/N=N/c2cc(OC)c(/N=N/c3c(S(=O)(=O)O)cc4cc(Nc5ccccc5)ccc4c3O)cc2OC)cc1. The molecule has 16 heteroatoms. The highest BCUT2D eigenvalue weighted by atomic mass is 32.2. The van der Waals surface area contributed by atoms with Crippen molar-refractivity contribution in [3.63, 3.8) is 0 Å². The highest BCUT2D eigenvalue weighted by molar-refractivity contribution is 7.89. The van der Waals surface area contributed by atoms with Crippen molar-refractivity contribution < 1.29 is 36.0 Å². The van der Waals surface area contributed by atoms with Gasteiger partial charge in [0.05, 0.1) is 24.8 Å². The molecule has 0 aliphatic rings. The van der Waals surface area contributed by atoms with Crippen LogP contribution in [0.4, 0.5) is 34.1 Å². The van der Waals surface area contributed by atoms with Gasteiger partial charge in [0.2, 0.25) is 10.0 Å². The van der Waals surface area contributed by atoms with E-state index in [2.05, 4.69) is 25.8 Å². The van der Waals surface area contributed by atoms with Gasteiger partial charge in [0.25, 0.3) is 10.1 Å². The number of fused-ring (bicyclic) bond motifs is 1. The van der Waals surface area contributed by atoms with Crippen molar-refractivity contribution in [2.24, 2.45) is 20.5 Å². The first-order chi connectivity index (χ1) is 23.9. The van der Waals surface area contributed by atoms with E-state index in [1.807, 2.05) is 30.3 Å². The Kier molecular flexibility index (Phi) is 10.8. The second kappa shape index (κ2) is 15.0. The Morgan fingerprint density at radius 3 is 1.88 bits per heavy atom. The average Bonchev–Trinajstić information content (AvgIpc) is 3.10. The third-order valence-electron chi connectivity index (χ3n) is 7.58. The fourth-order valence-corrected chi connectivity index (χ4v) is 7.16. The Bertz CT molecular complexity index is 2300. The maximum atomic E-state index is 12.8. The molecule has 0 saturated carbocycles. The second-order valence-corrected chi connectivity index (χ2v) is 14.0. The molecule has 0 aliphatic heterocycles. The van der Waals surface area contributed by atoms with E-state index < -0.39 is 36.5 Å². The number of aromatic hydroxyl groups is 1. The average molecular weight is 719 g/mol. The van der Waals surface area contributed by atoms with E-state index in [1.54, 1.807) is 32.0 Å². The normalized spacial score (nSPS) is 12.3. The van der Waals surface area contributed by atoms with Gasteiger partial charge in [-0.25, -0.2) is 8.42 Å². The van der Waals surface area contributed by atoms with Crippen LogP contribution < -0.4 is 14.8 Å². The zero-order valence-electron chi connectivity index (χ0n) is 27.5. The molecule has 0 atom stereocenters. The molecule has 0 amide bonds. The van der Waals surface area contributed by atoms with Crippen molar-refractivity contribution in [3.05, 3.63) is 91.0 Å². The van der Waals surface area contributed by atoms with Gasteiger partial charge in [-0.05, 0) is 66.0 Å². The summed E-state index contributed by atoms with van der Waals surface area (Å²) in [5.41, 5.74) is 1.62. The van der Waals surface area contributed by atoms with Gasteiger partial charge in [0, 0.05) is 42.0 Å². The molecule has 5 aromatic carbocycles. The lowest BCUT2D eigenvalue weighted by molar-refractivity contribution is 0.405. The quantitative estimate of drug-likeness (QED) is 0.0792. The zero-order chi connectivity index (χ0) is 36.1. The van der Waals surface area contributed by atoms with E-state index in [0.29, 0.717) is 29.9 Å². The number of phenolic OH excluding ortho intramolecular Hbond substituents is 1. The summed E-state index contributed by atoms with van der Waals surface area (Å²) in [6.07, 6.45) is 0. The molecule has 50 heavy (non-hydrogen) atoms. The number of anilines is 2. The van der Waals surface area contributed by atoms with Crippen molar-refractivity contribution in [1.29, 1.82) is 0 Å². The minimum atomic E-state index is -4.86. The van der Waals surface area contributed by atoms with Crippen molar-refractivity contribution in [1.82, 2.24) is 4.31 Å². The summed E-state index contributed by atoms with van der Waals surface area (Å²) in [6.45, 7) is 4.22. The summed E-state index contributed by atoms with van der Waals surface area (Å²) in [7, 11) is -5.74. The largest absolute Gasteiger partial charge is 0.505 e. The lowest BCUT2D eigenvalue weighted by Crippen LogP contribution is -2.30. The Morgan fingerprint density at radius 2 is 1.32 bits per heavy atom. The molecule has 0 unspecified atom stereocenters. The monoisotopic (exact) mass is 718 g/mol. The first kappa shape index (κ1) is 35.9. The van der Waals surface area contributed by atoms with Gasteiger partial charge in [0.15, 0.2) is 5.75 Å². The molecule has 0 spiro atoms. The third kappa shape index (κ3) is 7.73. The summed E-state index contributed by atoms with van der Waals surface area (Å²) in [6, 6.07) is 24.2. The second-order valence-electron chi connectivity index (χ2n) is 10.7. The van der Waals surface area contributed by atoms with Crippen molar-refractivity contribution in [2.45, 2.75) is 23.6 Å². The molecule has 0 aromatic heterocycles. The van der Waals surface area contributed by atoms with Crippen molar-refractivity contribution in [2.75, 3.05) is 32.6 Å². The molecule has 3 N–H and O–H groups in total. The fraction of sp³-hybridized carbons (Fsp3) is 0.176. The summed E-state index contributed by atoms with van der Waals surface area (Å²) in [5, 5.41) is 31.5. The lowest BCUT2D eigenvalue weighted by atomic mass is 10.1. The lowest BCUT2D eigenvalue weighted by Gasteiger charge is -2.18. The smallest absolute Gasteiger partial charge is 0.296 e. The molecule has 5 rings (SSSR count). The van der Waals surface area contributed by atoms with Crippen LogP contribution in [-0.4, -0.2) is 58.1 Å². The van der Waals surface area contributed by atoms with Crippen LogP contribution in [0, 0.1) is 0 Å². The number of nitrogens with one attached hydrogen (secondary N) is 1. The van der Waals surface area contributed by atoms with Crippen LogP contribution >= 0.6 is 0 Å². The van der Waals surface area contributed by atoms with Crippen LogP contribution in [0.15, 0.2) is 121 Å². The van der Waals surface area contributed by atoms with Gasteiger partial charge < -0.3 is 19.9 Å². The number of nitrogens with zero attached hydrogens (tertiary/aromatic N) is 5. The fourth-order valence-electron chi connectivity index (χ4n) is 5.05. The molecule has 14 nitrogen and oxygen atoms in total. The Balaban J connectivity index is 1.47. The predicted octanol–water partition coefficient (Wildman–Crippen LogP) is 8.41. The van der Waals surface area contributed by atoms with Gasteiger partial charge in [-0.3, -0.25) is 4.55 Å². The standard InChI is InChI=1S/C34H34N6O8S2/c1-5-40(6-2)49(42,43)26-15-12-24(13-16-26)36-37-28-20-31(48-4)29(21-30(28)47-3)38-39-33-32(50(44,45)46)19-22-18-25(14-17-27(22)34(33)41)35-23-10-8-7-9-11-23/h7-21,35,41H,5-6H2,1-4H3,(H,44,45,46)/b37-36+,39-38+. The first-order valence-electron chi connectivity index (χ1n) is 15.2. The Morgan fingerprint density at radius 1 is 0.720 bits per heavy atom. The number of ether oxygens (including phenoxy) is 2. The molecule has 5 aromatic rings. The maximum absolute atomic E-state index is 12.8. The van der Waals surface area contributed by atoms with Gasteiger partial charge in [-0.2, -0.15) is 17.8 Å². The molecular formula is C34H34N6O8S2. The Labute approximate surface area is 289 Å². The molecule has 0 aliphatic carbocycles. The van der Waals surface area contributed by atoms with E-state index in [9.17, 15) is 26.5 Å². The third-order valence-corrected chi connectivity index (χ3v) is 10.5. The molecule has 0 heterocycles. The van der Waals surface area contributed by atoms with E-state index in [0.717, 1.165) is 5.69 Å². The highest BCUT2D eigenvalue weighted by Gasteiger charge is 2.23. The van der Waals surface area contributed by atoms with Crippen LogP contribution in [0.5, 0.6) is 17.2 Å². The zero-order valence-corrected chi connectivity index (χ0v) is 29.1. The van der Waals surface area contributed by atoms with Crippen LogP contribution in [0.1, 0.15) is 13.8 Å². The predicted molar refractivity (Wildman–Crippen MR) is 190 cm³/mol. The number of azo groups is 2. The molecule has 0 radical (unpaired) electrons. The van der Waals surface area contributed by atoms with Crippen LogP contribution in [0.3, 0.4) is 0 Å². The van der Waals surface area contributed by atoms with Crippen LogP contribution in [-0.2, 0) is 20.1 Å². The minimum Gasteiger partial charge on any atom is -0.505 e. The van der Waals surface area contributed by atoms with E-state index in [1.165, 1.54) is 61.0 Å². The van der Waals surface area contributed by atoms with Crippen molar-refractivity contribution in [3.8, 4) is 17.2 Å². The molecular weight excluding hydrogens is 685 g/mol. The van der Waals surface area contributed by atoms with E-state index in [4.69, 9.17) is 9.47 Å². The van der Waals surface area contributed by atoms with Crippen LogP contribution in [0.25, 0.3) is 10.8 Å². The molecule has 0 bridgehead atoms. The van der Waals surface area contributed by atoms with Gasteiger partial charge in [-0.15, -0.1) is 15.3 Å². The molecule has 0 fully saturated rings. The summed E-state index contributed by atoms with van der Waals surface area (Å²) < 4.78 is 72.8. The molecule has 260 valence electrons. The van der Waals surface area contributed by atoms with E-state index in [-0.39, 0.29) is 33.2 Å². The number of benzene rings is 5. The number of methoxy groups -OCH3 is 2. The number of hydrogen-bond acceptors (Lipinski definition) is 12. The van der Waals surface area contributed by atoms with Crippen molar-refractivity contribution >= 4 is 65.0 Å². The number of rotatable bonds is 13. The first-order valence-corrected chi connectivity index (χ1v) is 18.1. The Hall–Kier alpha value is -5.42. The summed E-state index contributed by atoms with van der Waals surface area (Å²) >= 11 is 0. The summed E-state index contributed by atoms with van der Waals surface area (Å²) in [4.78, 5) is -0.524. The van der Waals surface area contributed by atoms with Gasteiger partial charge in [0.1, 0.15) is 33.5 Å². The van der Waals surface area contributed by atoms with Gasteiger partial charge >= 0.3 is 0 Å². The minimum absolute atomic E-state index is 0.0810. The summed E-state index contributed by atoms with van der Waals surface area (Å²) in [5.74, 6) is -0.174. The van der Waals surface area contributed by atoms with E-state index >= 15 is 0 Å². The number of hydrogen-bond donors (Lipinski definition) is 3.